The number of ether oxygens (including phenoxy) is 1. The predicted molar refractivity (Wildman–Crippen MR) is 80.5 cm³/mol. The number of anilines is 1. The van der Waals surface area contributed by atoms with Crippen LogP contribution < -0.4 is 15.5 Å². The van der Waals surface area contributed by atoms with Gasteiger partial charge in [-0.05, 0) is 24.3 Å². The Morgan fingerprint density at radius 2 is 1.86 bits per heavy atom. The van der Waals surface area contributed by atoms with Crippen molar-refractivity contribution in [2.75, 3.05) is 44.8 Å². The maximum absolute atomic E-state index is 11.9. The number of benzene rings is 1. The summed E-state index contributed by atoms with van der Waals surface area (Å²) in [6.07, 6.45) is 0.286. The van der Waals surface area contributed by atoms with Gasteiger partial charge in [-0.15, -0.1) is 0 Å². The van der Waals surface area contributed by atoms with E-state index in [0.29, 0.717) is 12.1 Å². The van der Waals surface area contributed by atoms with Crippen molar-refractivity contribution < 1.29 is 14.3 Å². The number of morpholine rings is 1. The molecule has 0 atom stereocenters. The molecule has 0 saturated carbocycles. The number of hydrogen-bond acceptors (Lipinski definition) is 4. The summed E-state index contributed by atoms with van der Waals surface area (Å²) in [5, 5.41) is 5.25. The van der Waals surface area contributed by atoms with E-state index in [1.165, 1.54) is 0 Å². The van der Waals surface area contributed by atoms with Gasteiger partial charge in [-0.3, -0.25) is 9.59 Å². The molecule has 21 heavy (non-hydrogen) atoms. The lowest BCUT2D eigenvalue weighted by Gasteiger charge is -2.28. The number of hydrogen-bond donors (Lipinski definition) is 2. The van der Waals surface area contributed by atoms with Crippen LogP contribution in [-0.2, 0) is 9.53 Å². The molecule has 1 fully saturated rings. The van der Waals surface area contributed by atoms with E-state index in [9.17, 15) is 9.59 Å². The van der Waals surface area contributed by atoms with E-state index in [1.807, 2.05) is 12.1 Å². The van der Waals surface area contributed by atoms with Crippen molar-refractivity contribution in [3.05, 3.63) is 29.8 Å². The van der Waals surface area contributed by atoms with E-state index in [1.54, 1.807) is 19.2 Å². The number of nitrogens with one attached hydrogen (secondary N) is 2. The quantitative estimate of drug-likeness (QED) is 0.823. The SMILES string of the molecule is CNC(=O)CCNC(=O)c1ccc(N2CCOCC2)cc1. The predicted octanol–water partition coefficient (Wildman–Crippen LogP) is 0.389. The summed E-state index contributed by atoms with van der Waals surface area (Å²) in [6, 6.07) is 7.50. The van der Waals surface area contributed by atoms with Gasteiger partial charge in [-0.2, -0.15) is 0 Å². The van der Waals surface area contributed by atoms with Crippen LogP contribution in [0.3, 0.4) is 0 Å². The Hall–Kier alpha value is -2.08. The molecule has 0 radical (unpaired) electrons. The molecule has 0 aromatic heterocycles. The summed E-state index contributed by atoms with van der Waals surface area (Å²) in [7, 11) is 1.58. The molecule has 2 rings (SSSR count). The average Bonchev–Trinajstić information content (AvgIpc) is 2.55. The molecular formula is C15H21N3O3. The minimum Gasteiger partial charge on any atom is -0.378 e. The second kappa shape index (κ2) is 7.64. The average molecular weight is 291 g/mol. The molecule has 1 saturated heterocycles. The third-order valence-corrected chi connectivity index (χ3v) is 3.42. The van der Waals surface area contributed by atoms with Crippen molar-refractivity contribution in [1.82, 2.24) is 10.6 Å². The van der Waals surface area contributed by atoms with E-state index in [-0.39, 0.29) is 18.2 Å². The molecule has 1 heterocycles. The first kappa shape index (κ1) is 15.3. The maximum atomic E-state index is 11.9. The van der Waals surface area contributed by atoms with Crippen LogP contribution in [-0.4, -0.2) is 51.7 Å². The molecule has 114 valence electrons. The normalized spacial score (nSPS) is 14.6. The lowest BCUT2D eigenvalue weighted by atomic mass is 10.1. The van der Waals surface area contributed by atoms with E-state index in [2.05, 4.69) is 15.5 Å². The number of carbonyl (C=O) groups excluding carboxylic acids is 2. The maximum Gasteiger partial charge on any atom is 0.251 e. The van der Waals surface area contributed by atoms with E-state index in [4.69, 9.17) is 4.74 Å². The fourth-order valence-electron chi connectivity index (χ4n) is 2.16. The molecule has 0 aliphatic carbocycles. The van der Waals surface area contributed by atoms with Crippen LogP contribution >= 0.6 is 0 Å². The highest BCUT2D eigenvalue weighted by atomic mass is 16.5. The molecule has 0 spiro atoms. The molecule has 1 aliphatic rings. The Kier molecular flexibility index (Phi) is 5.57. The van der Waals surface area contributed by atoms with Crippen molar-refractivity contribution in [3.8, 4) is 0 Å². The second-order valence-corrected chi connectivity index (χ2v) is 4.83. The fourth-order valence-corrected chi connectivity index (χ4v) is 2.16. The first-order valence-electron chi connectivity index (χ1n) is 7.12. The Labute approximate surface area is 124 Å². The summed E-state index contributed by atoms with van der Waals surface area (Å²) in [5.74, 6) is -0.245. The van der Waals surface area contributed by atoms with Crippen molar-refractivity contribution in [1.29, 1.82) is 0 Å². The molecule has 1 aliphatic heterocycles. The lowest BCUT2D eigenvalue weighted by molar-refractivity contribution is -0.120. The summed E-state index contributed by atoms with van der Waals surface area (Å²) >= 11 is 0. The van der Waals surface area contributed by atoms with Crippen LogP contribution in [0.25, 0.3) is 0 Å². The number of rotatable bonds is 5. The van der Waals surface area contributed by atoms with Gasteiger partial charge in [-0.25, -0.2) is 0 Å². The van der Waals surface area contributed by atoms with Gasteiger partial charge in [0.05, 0.1) is 13.2 Å². The van der Waals surface area contributed by atoms with Gasteiger partial charge in [0.1, 0.15) is 0 Å². The van der Waals surface area contributed by atoms with Crippen molar-refractivity contribution in [2.24, 2.45) is 0 Å². The molecule has 2 N–H and O–H groups in total. The largest absolute Gasteiger partial charge is 0.378 e. The fraction of sp³-hybridized carbons (Fsp3) is 0.467. The molecule has 1 aromatic rings. The standard InChI is InChI=1S/C15H21N3O3/c1-16-14(19)6-7-17-15(20)12-2-4-13(5-3-12)18-8-10-21-11-9-18/h2-5H,6-11H2,1H3,(H,16,19)(H,17,20). The van der Waals surface area contributed by atoms with Crippen LogP contribution in [0.5, 0.6) is 0 Å². The first-order chi connectivity index (χ1) is 10.2. The Bertz CT molecular complexity index is 481. The summed E-state index contributed by atoms with van der Waals surface area (Å²) in [4.78, 5) is 25.2. The van der Waals surface area contributed by atoms with Gasteiger partial charge in [0.15, 0.2) is 0 Å². The van der Waals surface area contributed by atoms with Crippen LogP contribution in [0, 0.1) is 0 Å². The van der Waals surface area contributed by atoms with Gasteiger partial charge in [0.25, 0.3) is 5.91 Å². The number of amides is 2. The Balaban J connectivity index is 1.86. The minimum absolute atomic E-state index is 0.0852. The zero-order valence-electron chi connectivity index (χ0n) is 12.2. The smallest absolute Gasteiger partial charge is 0.251 e. The molecule has 0 unspecified atom stereocenters. The second-order valence-electron chi connectivity index (χ2n) is 4.83. The van der Waals surface area contributed by atoms with E-state index >= 15 is 0 Å². The topological polar surface area (TPSA) is 70.7 Å². The molecule has 0 bridgehead atoms. The van der Waals surface area contributed by atoms with Gasteiger partial charge < -0.3 is 20.3 Å². The zero-order chi connectivity index (χ0) is 15.1. The van der Waals surface area contributed by atoms with Gasteiger partial charge >= 0.3 is 0 Å². The van der Waals surface area contributed by atoms with Gasteiger partial charge in [-0.1, -0.05) is 0 Å². The third-order valence-electron chi connectivity index (χ3n) is 3.42. The highest BCUT2D eigenvalue weighted by molar-refractivity contribution is 5.94. The molecule has 2 amide bonds. The molecule has 6 heteroatoms. The summed E-state index contributed by atoms with van der Waals surface area (Å²) < 4.78 is 5.32. The van der Waals surface area contributed by atoms with Crippen LogP contribution in [0.4, 0.5) is 5.69 Å². The van der Waals surface area contributed by atoms with Crippen molar-refractivity contribution >= 4 is 17.5 Å². The molecular weight excluding hydrogens is 270 g/mol. The third kappa shape index (κ3) is 4.46. The highest BCUT2D eigenvalue weighted by Crippen LogP contribution is 2.16. The summed E-state index contributed by atoms with van der Waals surface area (Å²) in [5.41, 5.74) is 1.70. The van der Waals surface area contributed by atoms with Crippen LogP contribution in [0.15, 0.2) is 24.3 Å². The monoisotopic (exact) mass is 291 g/mol. The molecule has 6 nitrogen and oxygen atoms in total. The summed E-state index contributed by atoms with van der Waals surface area (Å²) in [6.45, 7) is 3.56. The highest BCUT2D eigenvalue weighted by Gasteiger charge is 2.12. The number of nitrogens with zero attached hydrogens (tertiary/aromatic N) is 1. The van der Waals surface area contributed by atoms with E-state index in [0.717, 1.165) is 32.0 Å². The van der Waals surface area contributed by atoms with Crippen molar-refractivity contribution in [3.63, 3.8) is 0 Å². The Morgan fingerprint density at radius 1 is 1.19 bits per heavy atom. The first-order valence-corrected chi connectivity index (χ1v) is 7.12. The minimum atomic E-state index is -0.160. The zero-order valence-corrected chi connectivity index (χ0v) is 12.2. The molecule has 1 aromatic carbocycles. The van der Waals surface area contributed by atoms with E-state index < -0.39 is 0 Å². The van der Waals surface area contributed by atoms with Crippen LogP contribution in [0.1, 0.15) is 16.8 Å². The lowest BCUT2D eigenvalue weighted by Crippen LogP contribution is -2.36. The van der Waals surface area contributed by atoms with Crippen LogP contribution in [0.2, 0.25) is 0 Å². The van der Waals surface area contributed by atoms with Crippen molar-refractivity contribution in [2.45, 2.75) is 6.42 Å². The Morgan fingerprint density at radius 3 is 2.48 bits per heavy atom. The van der Waals surface area contributed by atoms with Gasteiger partial charge in [0.2, 0.25) is 5.91 Å². The van der Waals surface area contributed by atoms with Gasteiger partial charge in [0, 0.05) is 44.4 Å². The number of carbonyl (C=O) groups is 2.